The number of hydrogen-bond acceptors (Lipinski definition) is 7. The molecule has 0 aliphatic carbocycles. The summed E-state index contributed by atoms with van der Waals surface area (Å²) in [6, 6.07) is 11.7. The normalized spacial score (nSPS) is 14.1. The van der Waals surface area contributed by atoms with Gasteiger partial charge in [0, 0.05) is 0 Å². The van der Waals surface area contributed by atoms with Crippen LogP contribution >= 0.6 is 0 Å². The second-order valence-corrected chi connectivity index (χ2v) is 9.62. The van der Waals surface area contributed by atoms with Crippen LogP contribution in [0.15, 0.2) is 60.3 Å². The minimum absolute atomic E-state index is 0.0833. The molecule has 8 N–H and O–H groups in total. The maximum absolute atomic E-state index is 13.0. The Morgan fingerprint density at radius 3 is 2.15 bits per heavy atom. The summed E-state index contributed by atoms with van der Waals surface area (Å²) in [6.45, 7) is 4.39. The first-order valence-electron chi connectivity index (χ1n) is 13.1. The van der Waals surface area contributed by atoms with Crippen molar-refractivity contribution in [1.29, 1.82) is 0 Å². The summed E-state index contributed by atoms with van der Waals surface area (Å²) < 4.78 is 0. The maximum Gasteiger partial charge on any atom is 0.326 e. The summed E-state index contributed by atoms with van der Waals surface area (Å²) >= 11 is 0. The molecule has 41 heavy (non-hydrogen) atoms. The molecular weight excluding hydrogens is 530 g/mol. The Bertz CT molecular complexity index is 1250. The average molecular weight is 568 g/mol. The second-order valence-electron chi connectivity index (χ2n) is 9.62. The number of aromatic hydroxyl groups is 1. The minimum atomic E-state index is -1.20. The number of aliphatic carboxylic acids is 1. The number of benzene rings is 2. The molecular formula is C29H37N5O7. The van der Waals surface area contributed by atoms with Gasteiger partial charge in [0.25, 0.3) is 5.91 Å². The third-order valence-corrected chi connectivity index (χ3v) is 6.30. The van der Waals surface area contributed by atoms with Crippen molar-refractivity contribution in [1.82, 2.24) is 21.3 Å². The number of carboxylic acid groups (broad SMARTS) is 1. The molecule has 0 aromatic heterocycles. The number of nitrogens with one attached hydrogen (secondary N) is 4. The molecule has 0 unspecified atom stereocenters. The number of amides is 4. The molecule has 2 rings (SSSR count). The Labute approximate surface area is 238 Å². The number of rotatable bonds is 14. The quantitative estimate of drug-likeness (QED) is 0.161. The number of carbonyl (C=O) groups excluding carboxylic acids is 4. The van der Waals surface area contributed by atoms with Crippen molar-refractivity contribution in [2.45, 2.75) is 51.7 Å². The van der Waals surface area contributed by atoms with E-state index in [1.54, 1.807) is 56.3 Å². The van der Waals surface area contributed by atoms with E-state index in [2.05, 4.69) is 21.3 Å². The highest BCUT2D eigenvalue weighted by Crippen LogP contribution is 2.12. The predicted molar refractivity (Wildman–Crippen MR) is 152 cm³/mol. The van der Waals surface area contributed by atoms with Crippen molar-refractivity contribution in [3.05, 3.63) is 71.4 Å². The van der Waals surface area contributed by atoms with Gasteiger partial charge >= 0.3 is 5.97 Å². The first kappa shape index (κ1) is 32.5. The lowest BCUT2D eigenvalue weighted by atomic mass is 9.99. The van der Waals surface area contributed by atoms with E-state index in [1.807, 2.05) is 0 Å². The highest BCUT2D eigenvalue weighted by molar-refractivity contribution is 6.03. The number of phenols is 1. The molecule has 0 radical (unpaired) electrons. The summed E-state index contributed by atoms with van der Waals surface area (Å²) in [5, 5.41) is 28.7. The molecule has 0 saturated heterocycles. The van der Waals surface area contributed by atoms with Crippen LogP contribution in [0.2, 0.25) is 0 Å². The molecule has 220 valence electrons. The van der Waals surface area contributed by atoms with Crippen molar-refractivity contribution in [2.75, 3.05) is 6.54 Å². The maximum atomic E-state index is 13.0. The van der Waals surface area contributed by atoms with Gasteiger partial charge in [-0.1, -0.05) is 62.7 Å². The van der Waals surface area contributed by atoms with Crippen molar-refractivity contribution >= 4 is 35.7 Å². The summed E-state index contributed by atoms with van der Waals surface area (Å²) in [7, 11) is 0. The molecule has 0 saturated carbocycles. The van der Waals surface area contributed by atoms with Crippen LogP contribution in [0.5, 0.6) is 5.75 Å². The van der Waals surface area contributed by atoms with Gasteiger partial charge in [-0.15, -0.1) is 0 Å². The fourth-order valence-corrected chi connectivity index (χ4v) is 3.66. The van der Waals surface area contributed by atoms with E-state index < -0.39 is 54.3 Å². The van der Waals surface area contributed by atoms with Crippen LogP contribution < -0.4 is 27.0 Å². The van der Waals surface area contributed by atoms with Gasteiger partial charge < -0.3 is 37.2 Å². The summed E-state index contributed by atoms with van der Waals surface area (Å²) in [5.74, 6) is -4.27. The molecule has 4 amide bonds. The SMILES string of the molecule is CC[C@@H](C)[C@H](NC(=O)/C(=C\c1ccccc1)NC(=O)CNC(=O)[C@@H](C)NC(=O)[C@@H](N)Cc1ccc(O)cc1)C(=O)O. The molecule has 2 aromatic carbocycles. The molecule has 4 atom stereocenters. The molecule has 0 bridgehead atoms. The van der Waals surface area contributed by atoms with Gasteiger partial charge in [-0.3, -0.25) is 19.2 Å². The van der Waals surface area contributed by atoms with Gasteiger partial charge in [0.1, 0.15) is 23.5 Å². The van der Waals surface area contributed by atoms with Crippen LogP contribution in [0.4, 0.5) is 0 Å². The first-order chi connectivity index (χ1) is 19.4. The van der Waals surface area contributed by atoms with Gasteiger partial charge in [-0.25, -0.2) is 4.79 Å². The monoisotopic (exact) mass is 567 g/mol. The molecule has 2 aromatic rings. The standard InChI is InChI=1S/C29H37N5O7/c1-4-17(2)25(29(40)41)34-28(39)23(15-19-8-6-5-7-9-19)33-24(36)16-31-26(37)18(3)32-27(38)22(30)14-20-10-12-21(35)13-11-20/h5-13,15,17-18,22,25,35H,4,14,16,30H2,1-3H3,(H,31,37)(H,32,38)(H,33,36)(H,34,39)(H,40,41)/b23-15+/t17-,18-,22+,25+/m1/s1. The molecule has 0 aliphatic heterocycles. The Kier molecular flexibility index (Phi) is 12.5. The van der Waals surface area contributed by atoms with Crippen LogP contribution in [0, 0.1) is 5.92 Å². The fraction of sp³-hybridized carbons (Fsp3) is 0.345. The molecule has 12 heteroatoms. The van der Waals surface area contributed by atoms with E-state index in [0.717, 1.165) is 5.56 Å². The van der Waals surface area contributed by atoms with E-state index >= 15 is 0 Å². The smallest absolute Gasteiger partial charge is 0.326 e. The Morgan fingerprint density at radius 2 is 1.56 bits per heavy atom. The zero-order valence-electron chi connectivity index (χ0n) is 23.2. The Morgan fingerprint density at radius 1 is 0.927 bits per heavy atom. The highest BCUT2D eigenvalue weighted by atomic mass is 16.4. The summed E-state index contributed by atoms with van der Waals surface area (Å²) in [5.41, 5.74) is 7.04. The first-order valence-corrected chi connectivity index (χ1v) is 13.1. The Balaban J connectivity index is 1.99. The van der Waals surface area contributed by atoms with Gasteiger partial charge in [0.2, 0.25) is 17.7 Å². The van der Waals surface area contributed by atoms with E-state index in [0.29, 0.717) is 12.0 Å². The summed E-state index contributed by atoms with van der Waals surface area (Å²) in [6.07, 6.45) is 2.08. The van der Waals surface area contributed by atoms with Crippen LogP contribution in [0.3, 0.4) is 0 Å². The lowest BCUT2D eigenvalue weighted by Gasteiger charge is -2.21. The zero-order chi connectivity index (χ0) is 30.5. The van der Waals surface area contributed by atoms with Crippen LogP contribution in [0.1, 0.15) is 38.3 Å². The van der Waals surface area contributed by atoms with E-state index in [9.17, 15) is 34.2 Å². The number of hydrogen-bond donors (Lipinski definition) is 7. The lowest BCUT2D eigenvalue weighted by molar-refractivity contribution is -0.142. The molecule has 0 fully saturated rings. The van der Waals surface area contributed by atoms with Crippen molar-refractivity contribution in [3.63, 3.8) is 0 Å². The molecule has 0 heterocycles. The van der Waals surface area contributed by atoms with Gasteiger partial charge in [0.15, 0.2) is 0 Å². The largest absolute Gasteiger partial charge is 0.508 e. The highest BCUT2D eigenvalue weighted by Gasteiger charge is 2.27. The number of nitrogens with two attached hydrogens (primary N) is 1. The van der Waals surface area contributed by atoms with Crippen molar-refractivity contribution in [3.8, 4) is 5.75 Å². The van der Waals surface area contributed by atoms with Crippen LogP contribution in [-0.4, -0.2) is 64.5 Å². The van der Waals surface area contributed by atoms with Crippen LogP contribution in [0.25, 0.3) is 6.08 Å². The van der Waals surface area contributed by atoms with Crippen molar-refractivity contribution < 1.29 is 34.2 Å². The fourth-order valence-electron chi connectivity index (χ4n) is 3.66. The van der Waals surface area contributed by atoms with E-state index in [-0.39, 0.29) is 23.8 Å². The van der Waals surface area contributed by atoms with E-state index in [4.69, 9.17) is 5.73 Å². The third kappa shape index (κ3) is 10.8. The van der Waals surface area contributed by atoms with Gasteiger partial charge in [-0.05, 0) is 48.6 Å². The molecule has 0 aliphatic rings. The van der Waals surface area contributed by atoms with E-state index in [1.165, 1.54) is 25.1 Å². The average Bonchev–Trinajstić information content (AvgIpc) is 2.95. The number of carbonyl (C=O) groups is 5. The Hall–Kier alpha value is -4.71. The topological polar surface area (TPSA) is 200 Å². The van der Waals surface area contributed by atoms with Gasteiger partial charge in [-0.2, -0.15) is 0 Å². The zero-order valence-corrected chi connectivity index (χ0v) is 23.2. The number of carboxylic acids is 1. The van der Waals surface area contributed by atoms with Crippen molar-refractivity contribution in [2.24, 2.45) is 11.7 Å². The predicted octanol–water partition coefficient (Wildman–Crippen LogP) is 0.656. The number of phenolic OH excluding ortho intramolecular Hbond substituents is 1. The lowest BCUT2D eigenvalue weighted by Crippen LogP contribution is -2.52. The summed E-state index contributed by atoms with van der Waals surface area (Å²) in [4.78, 5) is 62.3. The van der Waals surface area contributed by atoms with Gasteiger partial charge in [0.05, 0.1) is 12.6 Å². The van der Waals surface area contributed by atoms with Crippen LogP contribution in [-0.2, 0) is 30.4 Å². The molecule has 0 spiro atoms. The third-order valence-electron chi connectivity index (χ3n) is 6.30. The minimum Gasteiger partial charge on any atom is -0.508 e. The second kappa shape index (κ2) is 15.8. The molecule has 12 nitrogen and oxygen atoms in total.